The van der Waals surface area contributed by atoms with Crippen molar-refractivity contribution >= 4 is 23.7 Å². The normalized spacial score (nSPS) is 20.0. The zero-order valence-corrected chi connectivity index (χ0v) is 13.3. The molecule has 2 N–H and O–H groups in total. The first-order valence-corrected chi connectivity index (χ1v) is 7.28. The van der Waals surface area contributed by atoms with Crippen LogP contribution in [0.15, 0.2) is 18.2 Å². The summed E-state index contributed by atoms with van der Waals surface area (Å²) < 4.78 is 57.1. The molecule has 142 valence electrons. The molecule has 7 nitrogen and oxygen atoms in total. The van der Waals surface area contributed by atoms with Crippen molar-refractivity contribution < 1.29 is 41.8 Å². The van der Waals surface area contributed by atoms with Gasteiger partial charge in [0.15, 0.2) is 0 Å². The Labute approximate surface area is 144 Å². The first-order valence-electron chi connectivity index (χ1n) is 7.28. The summed E-state index contributed by atoms with van der Waals surface area (Å²) in [6, 6.07) is 1.93. The van der Waals surface area contributed by atoms with Crippen molar-refractivity contribution in [2.45, 2.75) is 6.18 Å². The minimum absolute atomic E-state index is 0.118. The maximum Gasteiger partial charge on any atom is 0.394 e. The number of carboxylic acids is 1. The Morgan fingerprint density at radius 3 is 2.38 bits per heavy atom. The molecule has 1 aliphatic rings. The van der Waals surface area contributed by atoms with Crippen LogP contribution in [0.3, 0.4) is 0 Å². The van der Waals surface area contributed by atoms with Gasteiger partial charge < -0.3 is 20.1 Å². The number of aliphatic carboxylic acids is 1. The second kappa shape index (κ2) is 7.18. The van der Waals surface area contributed by atoms with Gasteiger partial charge in [0.1, 0.15) is 5.82 Å². The molecule has 2 rings (SSSR count). The topological polar surface area (TPSA) is 95.9 Å². The summed E-state index contributed by atoms with van der Waals surface area (Å²) in [5.74, 6) is -7.48. The van der Waals surface area contributed by atoms with Crippen LogP contribution in [0.5, 0.6) is 0 Å². The van der Waals surface area contributed by atoms with Gasteiger partial charge in [0, 0.05) is 13.1 Å². The fourth-order valence-electron chi connectivity index (χ4n) is 2.61. The number of nitrogens with one attached hydrogen (secondary N) is 1. The Bertz CT molecular complexity index is 737. The number of benzene rings is 1. The molecule has 0 aromatic heterocycles. The summed E-state index contributed by atoms with van der Waals surface area (Å²) in [7, 11) is 1.10. The summed E-state index contributed by atoms with van der Waals surface area (Å²) in [5.41, 5.74) is -0.489. The van der Waals surface area contributed by atoms with E-state index in [0.29, 0.717) is 4.90 Å². The molecule has 0 aliphatic carbocycles. The summed E-state index contributed by atoms with van der Waals surface area (Å²) >= 11 is 0. The second-order valence-electron chi connectivity index (χ2n) is 5.61. The molecule has 1 heterocycles. The van der Waals surface area contributed by atoms with E-state index in [4.69, 9.17) is 5.11 Å². The van der Waals surface area contributed by atoms with Gasteiger partial charge in [-0.2, -0.15) is 13.2 Å². The summed E-state index contributed by atoms with van der Waals surface area (Å²) in [5, 5.41) is 11.0. The summed E-state index contributed by atoms with van der Waals surface area (Å²) in [6.45, 7) is -1.51. The Hall–Kier alpha value is -2.85. The Morgan fingerprint density at radius 2 is 1.92 bits per heavy atom. The average molecular weight is 378 g/mol. The van der Waals surface area contributed by atoms with Gasteiger partial charge in [0.25, 0.3) is 0 Å². The number of ether oxygens (including phenoxy) is 1. The molecule has 0 bridgehead atoms. The van der Waals surface area contributed by atoms with Gasteiger partial charge in [-0.15, -0.1) is 0 Å². The summed E-state index contributed by atoms with van der Waals surface area (Å²) in [6.07, 6.45) is -4.79. The average Bonchev–Trinajstić information content (AvgIpc) is 3.02. The Balaban J connectivity index is 2.13. The van der Waals surface area contributed by atoms with E-state index in [1.807, 2.05) is 0 Å². The largest absolute Gasteiger partial charge is 0.481 e. The fourth-order valence-corrected chi connectivity index (χ4v) is 2.61. The first-order chi connectivity index (χ1) is 12.0. The van der Waals surface area contributed by atoms with E-state index >= 15 is 0 Å². The molecule has 2 amide bonds. The Kier molecular flexibility index (Phi) is 5.38. The Morgan fingerprint density at radius 1 is 1.27 bits per heavy atom. The SMILES string of the molecule is COC(=O)c1ccc(NC(=O)N2C[C@@H](C(F)(F)F)[C@H](C(=O)O)C2)c(F)c1. The minimum Gasteiger partial charge on any atom is -0.481 e. The number of nitrogens with zero attached hydrogens (tertiary/aromatic N) is 1. The summed E-state index contributed by atoms with van der Waals surface area (Å²) in [4.78, 5) is 35.0. The molecule has 1 aromatic rings. The quantitative estimate of drug-likeness (QED) is 0.622. The fraction of sp³-hybridized carbons (Fsp3) is 0.400. The van der Waals surface area contributed by atoms with Crippen LogP contribution in [0.1, 0.15) is 10.4 Å². The van der Waals surface area contributed by atoms with Gasteiger partial charge in [-0.25, -0.2) is 14.0 Å². The number of carboxylic acid groups (broad SMARTS) is 1. The number of methoxy groups -OCH3 is 1. The van der Waals surface area contributed by atoms with Crippen molar-refractivity contribution in [3.63, 3.8) is 0 Å². The molecule has 0 spiro atoms. The van der Waals surface area contributed by atoms with Crippen LogP contribution < -0.4 is 5.32 Å². The van der Waals surface area contributed by atoms with Crippen LogP contribution in [0.25, 0.3) is 0 Å². The predicted molar refractivity (Wildman–Crippen MR) is 79.0 cm³/mol. The lowest BCUT2D eigenvalue weighted by atomic mass is 9.96. The smallest absolute Gasteiger partial charge is 0.394 e. The van der Waals surface area contributed by atoms with Crippen LogP contribution in [0, 0.1) is 17.7 Å². The van der Waals surface area contributed by atoms with Crippen LogP contribution >= 0.6 is 0 Å². The van der Waals surface area contributed by atoms with Crippen molar-refractivity contribution in [3.05, 3.63) is 29.6 Å². The molecule has 11 heteroatoms. The molecule has 1 aliphatic heterocycles. The van der Waals surface area contributed by atoms with Gasteiger partial charge in [-0.1, -0.05) is 0 Å². The molecule has 1 aromatic carbocycles. The van der Waals surface area contributed by atoms with Gasteiger partial charge in [-0.3, -0.25) is 4.79 Å². The first kappa shape index (κ1) is 19.5. The number of likely N-dealkylation sites (tertiary alicyclic amines) is 1. The number of rotatable bonds is 3. The van der Waals surface area contributed by atoms with Crippen LogP contribution in [-0.2, 0) is 9.53 Å². The van der Waals surface area contributed by atoms with E-state index < -0.39 is 54.9 Å². The third-order valence-corrected chi connectivity index (χ3v) is 3.98. The van der Waals surface area contributed by atoms with Crippen molar-refractivity contribution in [1.29, 1.82) is 0 Å². The molecule has 1 fully saturated rings. The number of carbonyl (C=O) groups is 3. The predicted octanol–water partition coefficient (Wildman–Crippen LogP) is 2.34. The van der Waals surface area contributed by atoms with Crippen LogP contribution in [0.4, 0.5) is 28.0 Å². The zero-order chi connectivity index (χ0) is 19.6. The van der Waals surface area contributed by atoms with E-state index in [-0.39, 0.29) is 11.3 Å². The van der Waals surface area contributed by atoms with Crippen molar-refractivity contribution in [2.24, 2.45) is 11.8 Å². The molecular formula is C15H14F4N2O5. The standard InChI is InChI=1S/C15H14F4N2O5/c1-26-13(24)7-2-3-11(10(16)4-7)20-14(25)21-5-8(12(22)23)9(6-21)15(17,18)19/h2-4,8-9H,5-6H2,1H3,(H,20,25)(H,22,23)/t8-,9-/m1/s1. The molecule has 2 atom stereocenters. The number of hydrogen-bond acceptors (Lipinski definition) is 4. The van der Waals surface area contributed by atoms with Crippen molar-refractivity contribution in [3.8, 4) is 0 Å². The third-order valence-electron chi connectivity index (χ3n) is 3.98. The highest BCUT2D eigenvalue weighted by Crippen LogP contribution is 2.38. The van der Waals surface area contributed by atoms with Gasteiger partial charge >= 0.3 is 24.1 Å². The number of alkyl halides is 3. The lowest BCUT2D eigenvalue weighted by Crippen LogP contribution is -2.35. The minimum atomic E-state index is -4.79. The van der Waals surface area contributed by atoms with Crippen molar-refractivity contribution in [1.82, 2.24) is 4.90 Å². The van der Waals surface area contributed by atoms with Gasteiger partial charge in [-0.05, 0) is 18.2 Å². The molecule has 0 saturated carbocycles. The number of halogens is 4. The zero-order valence-electron chi connectivity index (χ0n) is 13.3. The lowest BCUT2D eigenvalue weighted by molar-refractivity contribution is -0.187. The lowest BCUT2D eigenvalue weighted by Gasteiger charge is -2.19. The van der Waals surface area contributed by atoms with E-state index in [9.17, 15) is 31.9 Å². The number of amides is 2. The highest BCUT2D eigenvalue weighted by molar-refractivity contribution is 5.93. The van der Waals surface area contributed by atoms with E-state index in [1.165, 1.54) is 0 Å². The highest BCUT2D eigenvalue weighted by atomic mass is 19.4. The second-order valence-corrected chi connectivity index (χ2v) is 5.61. The van der Waals surface area contributed by atoms with Gasteiger partial charge in [0.2, 0.25) is 0 Å². The maximum absolute atomic E-state index is 13.9. The molecule has 1 saturated heterocycles. The van der Waals surface area contributed by atoms with Crippen LogP contribution in [-0.4, -0.2) is 54.4 Å². The molecular weight excluding hydrogens is 364 g/mol. The highest BCUT2D eigenvalue weighted by Gasteiger charge is 2.53. The molecule has 0 unspecified atom stereocenters. The van der Waals surface area contributed by atoms with Crippen molar-refractivity contribution in [2.75, 3.05) is 25.5 Å². The third kappa shape index (κ3) is 4.03. The monoisotopic (exact) mass is 378 g/mol. The number of carbonyl (C=O) groups excluding carboxylic acids is 2. The molecule has 0 radical (unpaired) electrons. The number of urea groups is 1. The van der Waals surface area contributed by atoms with Gasteiger partial charge in [0.05, 0.1) is 30.2 Å². The molecule has 26 heavy (non-hydrogen) atoms. The van der Waals surface area contributed by atoms with E-state index in [2.05, 4.69) is 10.1 Å². The number of hydrogen-bond donors (Lipinski definition) is 2. The van der Waals surface area contributed by atoms with Crippen LogP contribution in [0.2, 0.25) is 0 Å². The van der Waals surface area contributed by atoms with E-state index in [0.717, 1.165) is 25.3 Å². The maximum atomic E-state index is 13.9. The van der Waals surface area contributed by atoms with E-state index in [1.54, 1.807) is 0 Å². The number of anilines is 1. The number of esters is 1.